The van der Waals surface area contributed by atoms with Crippen LogP contribution in [0.2, 0.25) is 0 Å². The van der Waals surface area contributed by atoms with Gasteiger partial charge in [0.15, 0.2) is 0 Å². The second-order valence-electron chi connectivity index (χ2n) is 3.83. The van der Waals surface area contributed by atoms with Crippen molar-refractivity contribution in [2.45, 2.75) is 4.90 Å². The molecule has 19 heavy (non-hydrogen) atoms. The van der Waals surface area contributed by atoms with Crippen molar-refractivity contribution >= 4 is 22.1 Å². The molecule has 0 aliphatic rings. The molecule has 0 aliphatic carbocycles. The fourth-order valence-electron chi connectivity index (χ4n) is 1.29. The number of ether oxygens (including phenoxy) is 1. The summed E-state index contributed by atoms with van der Waals surface area (Å²) < 4.78 is 42.6. The largest absolute Gasteiger partial charge is 0.466 e. The Hall–Kier alpha value is -1.73. The summed E-state index contributed by atoms with van der Waals surface area (Å²) in [5.41, 5.74) is 0.209. The number of nitrogens with zero attached hydrogens (tertiary/aromatic N) is 1. The molecule has 0 aromatic heterocycles. The molecule has 5 nitrogen and oxygen atoms in total. The van der Waals surface area contributed by atoms with Crippen molar-refractivity contribution in [3.05, 3.63) is 35.7 Å². The molecule has 0 atom stereocenters. The van der Waals surface area contributed by atoms with Gasteiger partial charge < -0.3 is 4.74 Å². The van der Waals surface area contributed by atoms with Gasteiger partial charge in [0.05, 0.1) is 12.0 Å². The van der Waals surface area contributed by atoms with E-state index < -0.39 is 21.8 Å². The summed E-state index contributed by atoms with van der Waals surface area (Å²) in [7, 11) is 0.0911. The van der Waals surface area contributed by atoms with E-state index in [1.54, 1.807) is 0 Å². The van der Waals surface area contributed by atoms with Gasteiger partial charge in [0.25, 0.3) is 0 Å². The SMILES string of the molecule is COC(=O)/C=C/c1ccc(F)cc1S(=O)(=O)N(C)C. The average Bonchev–Trinajstić information content (AvgIpc) is 2.36. The highest BCUT2D eigenvalue weighted by molar-refractivity contribution is 7.89. The summed E-state index contributed by atoms with van der Waals surface area (Å²) in [5.74, 6) is -1.30. The van der Waals surface area contributed by atoms with E-state index in [0.29, 0.717) is 0 Å². The molecular formula is C12H14FNO4S. The van der Waals surface area contributed by atoms with Crippen LogP contribution in [-0.4, -0.2) is 39.9 Å². The van der Waals surface area contributed by atoms with E-state index in [9.17, 15) is 17.6 Å². The minimum atomic E-state index is -3.79. The van der Waals surface area contributed by atoms with Crippen molar-refractivity contribution in [2.75, 3.05) is 21.2 Å². The van der Waals surface area contributed by atoms with Gasteiger partial charge in [-0.1, -0.05) is 6.07 Å². The fourth-order valence-corrected chi connectivity index (χ4v) is 2.38. The van der Waals surface area contributed by atoms with Crippen LogP contribution in [0.5, 0.6) is 0 Å². The Bertz CT molecular complexity index is 608. The lowest BCUT2D eigenvalue weighted by atomic mass is 10.2. The van der Waals surface area contributed by atoms with Gasteiger partial charge in [0, 0.05) is 20.2 Å². The maximum atomic E-state index is 13.2. The number of halogens is 1. The first kappa shape index (κ1) is 15.3. The minimum absolute atomic E-state index is 0.209. The van der Waals surface area contributed by atoms with Crippen LogP contribution in [0.4, 0.5) is 4.39 Å². The van der Waals surface area contributed by atoms with Crippen molar-refractivity contribution < 1.29 is 22.3 Å². The number of carbonyl (C=O) groups is 1. The van der Waals surface area contributed by atoms with Crippen LogP contribution in [0, 0.1) is 5.82 Å². The Morgan fingerprint density at radius 3 is 2.53 bits per heavy atom. The van der Waals surface area contributed by atoms with Crippen molar-refractivity contribution in [3.8, 4) is 0 Å². The van der Waals surface area contributed by atoms with Crippen LogP contribution in [0.15, 0.2) is 29.2 Å². The summed E-state index contributed by atoms with van der Waals surface area (Å²) in [4.78, 5) is 10.8. The summed E-state index contributed by atoms with van der Waals surface area (Å²) in [6, 6.07) is 3.31. The maximum absolute atomic E-state index is 13.2. The molecule has 0 saturated heterocycles. The van der Waals surface area contributed by atoms with Gasteiger partial charge in [-0.3, -0.25) is 0 Å². The highest BCUT2D eigenvalue weighted by Gasteiger charge is 2.21. The van der Waals surface area contributed by atoms with E-state index in [1.165, 1.54) is 33.3 Å². The molecule has 1 aromatic rings. The van der Waals surface area contributed by atoms with Gasteiger partial charge in [-0.05, 0) is 23.8 Å². The zero-order valence-corrected chi connectivity index (χ0v) is 11.6. The zero-order valence-electron chi connectivity index (χ0n) is 10.8. The van der Waals surface area contributed by atoms with E-state index in [2.05, 4.69) is 4.74 Å². The Kier molecular flexibility index (Phi) is 4.79. The normalized spacial score (nSPS) is 12.1. The molecule has 0 spiro atoms. The molecule has 1 rings (SSSR count). The van der Waals surface area contributed by atoms with E-state index in [1.807, 2.05) is 0 Å². The Labute approximate surface area is 111 Å². The minimum Gasteiger partial charge on any atom is -0.466 e. The van der Waals surface area contributed by atoms with Crippen LogP contribution in [-0.2, 0) is 19.6 Å². The third-order valence-electron chi connectivity index (χ3n) is 2.33. The highest BCUT2D eigenvalue weighted by atomic mass is 32.2. The molecule has 0 bridgehead atoms. The maximum Gasteiger partial charge on any atom is 0.330 e. The van der Waals surface area contributed by atoms with E-state index in [4.69, 9.17) is 0 Å². The number of esters is 1. The zero-order chi connectivity index (χ0) is 14.6. The van der Waals surface area contributed by atoms with Crippen molar-refractivity contribution in [1.29, 1.82) is 0 Å². The molecular weight excluding hydrogens is 273 g/mol. The van der Waals surface area contributed by atoms with Crippen LogP contribution >= 0.6 is 0 Å². The number of sulfonamides is 1. The quantitative estimate of drug-likeness (QED) is 0.618. The van der Waals surface area contributed by atoms with E-state index in [-0.39, 0.29) is 10.5 Å². The van der Waals surface area contributed by atoms with Crippen LogP contribution in [0.1, 0.15) is 5.56 Å². The first-order chi connectivity index (χ1) is 8.78. The number of rotatable bonds is 4. The standard InChI is InChI=1S/C12H14FNO4S/c1-14(2)19(16,17)11-8-10(13)6-4-9(11)5-7-12(15)18-3/h4-8H,1-3H3/b7-5+. The molecule has 0 heterocycles. The Balaban J connectivity index is 3.35. The van der Waals surface area contributed by atoms with E-state index in [0.717, 1.165) is 22.5 Å². The van der Waals surface area contributed by atoms with Gasteiger partial charge in [0.2, 0.25) is 10.0 Å². The first-order valence-corrected chi connectivity index (χ1v) is 6.71. The summed E-state index contributed by atoms with van der Waals surface area (Å²) in [5, 5.41) is 0. The predicted octanol–water partition coefficient (Wildman–Crippen LogP) is 1.26. The third-order valence-corrected chi connectivity index (χ3v) is 4.21. The molecule has 0 unspecified atom stereocenters. The van der Waals surface area contributed by atoms with Gasteiger partial charge in [-0.25, -0.2) is 21.9 Å². The first-order valence-electron chi connectivity index (χ1n) is 5.27. The van der Waals surface area contributed by atoms with Gasteiger partial charge in [-0.2, -0.15) is 0 Å². The molecule has 7 heteroatoms. The topological polar surface area (TPSA) is 63.7 Å². The van der Waals surface area contributed by atoms with Crippen molar-refractivity contribution in [2.24, 2.45) is 0 Å². The number of carbonyl (C=O) groups excluding carboxylic acids is 1. The molecule has 0 amide bonds. The van der Waals surface area contributed by atoms with Crippen LogP contribution < -0.4 is 0 Å². The smallest absolute Gasteiger partial charge is 0.330 e. The fraction of sp³-hybridized carbons (Fsp3) is 0.250. The lowest BCUT2D eigenvalue weighted by molar-refractivity contribution is -0.134. The van der Waals surface area contributed by atoms with Crippen LogP contribution in [0.25, 0.3) is 6.08 Å². The van der Waals surface area contributed by atoms with Gasteiger partial charge in [0.1, 0.15) is 5.82 Å². The second kappa shape index (κ2) is 5.94. The molecule has 0 radical (unpaired) electrons. The highest BCUT2D eigenvalue weighted by Crippen LogP contribution is 2.21. The molecule has 0 N–H and O–H groups in total. The monoisotopic (exact) mass is 287 g/mol. The van der Waals surface area contributed by atoms with Crippen molar-refractivity contribution in [3.63, 3.8) is 0 Å². The molecule has 104 valence electrons. The second-order valence-corrected chi connectivity index (χ2v) is 5.95. The lowest BCUT2D eigenvalue weighted by Gasteiger charge is -2.13. The number of benzene rings is 1. The molecule has 0 saturated carbocycles. The average molecular weight is 287 g/mol. The summed E-state index contributed by atoms with van der Waals surface area (Å²) >= 11 is 0. The summed E-state index contributed by atoms with van der Waals surface area (Å²) in [6.45, 7) is 0. The number of hydrogen-bond donors (Lipinski definition) is 0. The third kappa shape index (κ3) is 3.62. The summed E-state index contributed by atoms with van der Waals surface area (Å²) in [6.07, 6.45) is 2.34. The Morgan fingerprint density at radius 2 is 2.00 bits per heavy atom. The predicted molar refractivity (Wildman–Crippen MR) is 68.3 cm³/mol. The molecule has 1 aromatic carbocycles. The van der Waals surface area contributed by atoms with Crippen LogP contribution in [0.3, 0.4) is 0 Å². The van der Waals surface area contributed by atoms with E-state index >= 15 is 0 Å². The molecule has 0 fully saturated rings. The lowest BCUT2D eigenvalue weighted by Crippen LogP contribution is -2.23. The molecule has 0 aliphatic heterocycles. The number of methoxy groups -OCH3 is 1. The Morgan fingerprint density at radius 1 is 1.37 bits per heavy atom. The van der Waals surface area contributed by atoms with Gasteiger partial charge >= 0.3 is 5.97 Å². The van der Waals surface area contributed by atoms with Gasteiger partial charge in [-0.15, -0.1) is 0 Å². The number of hydrogen-bond acceptors (Lipinski definition) is 4. The van der Waals surface area contributed by atoms with Crippen molar-refractivity contribution in [1.82, 2.24) is 4.31 Å².